The van der Waals surface area contributed by atoms with E-state index >= 15 is 0 Å². The van der Waals surface area contributed by atoms with Crippen LogP contribution in [0, 0.1) is 0 Å². The molecule has 11 nitrogen and oxygen atoms in total. The lowest BCUT2D eigenvalue weighted by Crippen LogP contribution is -2.41. The summed E-state index contributed by atoms with van der Waals surface area (Å²) in [5.74, 6) is 1.23. The first-order valence-corrected chi connectivity index (χ1v) is 10.5. The summed E-state index contributed by atoms with van der Waals surface area (Å²) in [6.45, 7) is 7.36. The molecule has 0 unspecified atom stereocenters. The first-order chi connectivity index (χ1) is 14.9. The molecule has 1 amide bonds. The summed E-state index contributed by atoms with van der Waals surface area (Å²) in [4.78, 5) is 24.3. The average molecular weight is 453 g/mol. The predicted octanol–water partition coefficient (Wildman–Crippen LogP) is 1.83. The van der Waals surface area contributed by atoms with Gasteiger partial charge < -0.3 is 24.4 Å². The number of ether oxygens (including phenoxy) is 2. The lowest BCUT2D eigenvalue weighted by atomic mass is 10.2. The van der Waals surface area contributed by atoms with Crippen LogP contribution < -0.4 is 10.2 Å². The molecule has 2 aromatic heterocycles. The van der Waals surface area contributed by atoms with Crippen molar-refractivity contribution in [3.05, 3.63) is 28.7 Å². The molecule has 3 atom stereocenters. The number of carbonyl (C=O) groups is 1. The maximum absolute atomic E-state index is 12.2. The molecule has 2 N–H and O–H groups in total. The summed E-state index contributed by atoms with van der Waals surface area (Å²) in [5.41, 5.74) is 0.691. The normalized spacial score (nSPS) is 21.7. The number of aromatic nitrogens is 3. The van der Waals surface area contributed by atoms with Crippen LogP contribution in [0.2, 0.25) is 5.15 Å². The Labute approximate surface area is 184 Å². The number of hydrogen-bond donors (Lipinski definition) is 2. The van der Waals surface area contributed by atoms with Crippen molar-refractivity contribution < 1.29 is 23.9 Å². The maximum atomic E-state index is 12.2. The SMILES string of the molecule is C[C@@H](Nc1nc(Cl)cc(N2C(=O)OC[C@@H]2[C@@H](C)O)n1)c1cc(CN2CCOCC2)on1. The van der Waals surface area contributed by atoms with E-state index in [1.54, 1.807) is 6.92 Å². The minimum absolute atomic E-state index is 0.0716. The number of aliphatic hydroxyl groups excluding tert-OH is 1. The standard InChI is InChI=1S/C19H25ClN6O5/c1-11(14-7-13(31-24-14)9-25-3-5-29-6-4-25)21-18-22-16(20)8-17(23-18)26-15(12(2)27)10-30-19(26)28/h7-8,11-12,15,27H,3-6,9-10H2,1-2H3,(H,21,22,23)/t11-,12-,15-/m1/s1. The number of morpholine rings is 1. The molecule has 0 radical (unpaired) electrons. The Morgan fingerprint density at radius 1 is 1.29 bits per heavy atom. The highest BCUT2D eigenvalue weighted by Crippen LogP contribution is 2.27. The molecule has 0 aliphatic carbocycles. The van der Waals surface area contributed by atoms with E-state index in [0.717, 1.165) is 18.8 Å². The van der Waals surface area contributed by atoms with Crippen molar-refractivity contribution in [2.24, 2.45) is 0 Å². The van der Waals surface area contributed by atoms with Gasteiger partial charge in [-0.15, -0.1) is 0 Å². The zero-order valence-electron chi connectivity index (χ0n) is 17.3. The number of aliphatic hydroxyl groups is 1. The van der Waals surface area contributed by atoms with Crippen molar-refractivity contribution in [1.29, 1.82) is 0 Å². The largest absolute Gasteiger partial charge is 0.447 e. The molecular formula is C19H25ClN6O5. The summed E-state index contributed by atoms with van der Waals surface area (Å²) in [6.07, 6.45) is -1.39. The van der Waals surface area contributed by atoms with Crippen LogP contribution in [0.15, 0.2) is 16.7 Å². The van der Waals surface area contributed by atoms with Gasteiger partial charge in [-0.05, 0) is 13.8 Å². The van der Waals surface area contributed by atoms with Gasteiger partial charge in [-0.2, -0.15) is 4.98 Å². The van der Waals surface area contributed by atoms with E-state index in [9.17, 15) is 9.90 Å². The second-order valence-electron chi connectivity index (χ2n) is 7.60. The second kappa shape index (κ2) is 9.35. The van der Waals surface area contributed by atoms with Gasteiger partial charge in [0.25, 0.3) is 0 Å². The first kappa shape index (κ1) is 21.8. The monoisotopic (exact) mass is 452 g/mol. The van der Waals surface area contributed by atoms with Crippen LogP contribution in [-0.4, -0.2) is 76.3 Å². The Balaban J connectivity index is 1.46. The molecule has 0 spiro atoms. The van der Waals surface area contributed by atoms with Gasteiger partial charge in [-0.1, -0.05) is 16.8 Å². The third-order valence-electron chi connectivity index (χ3n) is 5.24. The molecule has 2 aromatic rings. The summed E-state index contributed by atoms with van der Waals surface area (Å²) in [6, 6.07) is 2.52. The fourth-order valence-corrected chi connectivity index (χ4v) is 3.68. The number of rotatable bonds is 7. The highest BCUT2D eigenvalue weighted by molar-refractivity contribution is 6.29. The number of anilines is 2. The number of nitrogens with zero attached hydrogens (tertiary/aromatic N) is 5. The molecule has 4 rings (SSSR count). The predicted molar refractivity (Wildman–Crippen MR) is 111 cm³/mol. The molecule has 12 heteroatoms. The van der Waals surface area contributed by atoms with Gasteiger partial charge in [0.2, 0.25) is 5.95 Å². The summed E-state index contributed by atoms with van der Waals surface area (Å²) in [5, 5.41) is 17.4. The Bertz CT molecular complexity index is 919. The van der Waals surface area contributed by atoms with E-state index in [0.29, 0.717) is 25.5 Å². The smallest absolute Gasteiger partial charge is 0.416 e. The third kappa shape index (κ3) is 5.06. The number of nitrogens with one attached hydrogen (secondary N) is 1. The van der Waals surface area contributed by atoms with Crippen molar-refractivity contribution in [1.82, 2.24) is 20.0 Å². The molecule has 2 aliphatic rings. The highest BCUT2D eigenvalue weighted by atomic mass is 35.5. The minimum Gasteiger partial charge on any atom is -0.447 e. The maximum Gasteiger partial charge on any atom is 0.416 e. The lowest BCUT2D eigenvalue weighted by Gasteiger charge is -2.25. The fraction of sp³-hybridized carbons (Fsp3) is 0.579. The van der Waals surface area contributed by atoms with Gasteiger partial charge in [0.1, 0.15) is 29.3 Å². The number of carbonyl (C=O) groups excluding carboxylic acids is 1. The van der Waals surface area contributed by atoms with E-state index in [1.807, 2.05) is 13.0 Å². The topological polar surface area (TPSA) is 126 Å². The molecule has 0 aromatic carbocycles. The molecule has 2 saturated heterocycles. The number of halogens is 1. The third-order valence-corrected chi connectivity index (χ3v) is 5.43. The number of hydrogen-bond acceptors (Lipinski definition) is 10. The van der Waals surface area contributed by atoms with Crippen molar-refractivity contribution in [3.63, 3.8) is 0 Å². The minimum atomic E-state index is -0.796. The Morgan fingerprint density at radius 3 is 2.81 bits per heavy atom. The number of amides is 1. The van der Waals surface area contributed by atoms with E-state index in [4.69, 9.17) is 25.6 Å². The van der Waals surface area contributed by atoms with Crippen molar-refractivity contribution in [2.75, 3.05) is 43.1 Å². The van der Waals surface area contributed by atoms with Gasteiger partial charge in [-0.25, -0.2) is 9.78 Å². The van der Waals surface area contributed by atoms with Crippen LogP contribution in [0.5, 0.6) is 0 Å². The van der Waals surface area contributed by atoms with E-state index in [2.05, 4.69) is 25.3 Å². The quantitative estimate of drug-likeness (QED) is 0.600. The van der Waals surface area contributed by atoms with Crippen molar-refractivity contribution in [2.45, 2.75) is 38.6 Å². The second-order valence-corrected chi connectivity index (χ2v) is 7.99. The molecule has 31 heavy (non-hydrogen) atoms. The van der Waals surface area contributed by atoms with Gasteiger partial charge >= 0.3 is 6.09 Å². The Hall–Kier alpha value is -2.47. The lowest BCUT2D eigenvalue weighted by molar-refractivity contribution is 0.0305. The number of cyclic esters (lactones) is 1. The molecule has 168 valence electrons. The van der Waals surface area contributed by atoms with Gasteiger partial charge in [0.15, 0.2) is 5.76 Å². The average Bonchev–Trinajstić information content (AvgIpc) is 3.35. The van der Waals surface area contributed by atoms with Crippen molar-refractivity contribution in [3.8, 4) is 0 Å². The molecular weight excluding hydrogens is 428 g/mol. The van der Waals surface area contributed by atoms with Crippen LogP contribution in [0.4, 0.5) is 16.6 Å². The Morgan fingerprint density at radius 2 is 2.06 bits per heavy atom. The summed E-state index contributed by atoms with van der Waals surface area (Å²) in [7, 11) is 0. The van der Waals surface area contributed by atoms with E-state index < -0.39 is 18.2 Å². The molecule has 0 bridgehead atoms. The summed E-state index contributed by atoms with van der Waals surface area (Å²) >= 11 is 6.16. The molecule has 0 saturated carbocycles. The summed E-state index contributed by atoms with van der Waals surface area (Å²) < 4.78 is 15.9. The van der Waals surface area contributed by atoms with Crippen LogP contribution in [-0.2, 0) is 16.0 Å². The molecule has 4 heterocycles. The van der Waals surface area contributed by atoms with Crippen LogP contribution in [0.1, 0.15) is 31.3 Å². The first-order valence-electron chi connectivity index (χ1n) is 10.1. The van der Waals surface area contributed by atoms with E-state index in [1.165, 1.54) is 11.0 Å². The van der Waals surface area contributed by atoms with Crippen molar-refractivity contribution >= 4 is 29.5 Å². The fourth-order valence-electron chi connectivity index (χ4n) is 3.50. The zero-order chi connectivity index (χ0) is 22.0. The zero-order valence-corrected chi connectivity index (χ0v) is 18.1. The Kier molecular flexibility index (Phi) is 6.56. The molecule has 2 aliphatic heterocycles. The van der Waals surface area contributed by atoms with Crippen LogP contribution in [0.3, 0.4) is 0 Å². The van der Waals surface area contributed by atoms with E-state index in [-0.39, 0.29) is 29.6 Å². The van der Waals surface area contributed by atoms with Gasteiger partial charge in [0, 0.05) is 25.2 Å². The van der Waals surface area contributed by atoms with Gasteiger partial charge in [-0.3, -0.25) is 9.80 Å². The molecule has 2 fully saturated rings. The van der Waals surface area contributed by atoms with Crippen LogP contribution >= 0.6 is 11.6 Å². The van der Waals surface area contributed by atoms with Gasteiger partial charge in [0.05, 0.1) is 31.9 Å². The highest BCUT2D eigenvalue weighted by Gasteiger charge is 2.38. The van der Waals surface area contributed by atoms with Crippen LogP contribution in [0.25, 0.3) is 0 Å².